The van der Waals surface area contributed by atoms with Gasteiger partial charge in [0.2, 0.25) is 0 Å². The number of nitrogens with zero attached hydrogens (tertiary/aromatic N) is 2. The minimum absolute atomic E-state index is 0.398. The standard InChI is InChI=1S/C24H28ClN3O/c1-4-27(5-2)21-11-9-19(10-12-21)23-16-22(24(26)29)17(3)28(23)14-13-18-7-6-8-20(25)15-18/h6-12,15-16H,4-5,13-14H2,1-3H3,(H2,26,29). The first-order valence-electron chi connectivity index (χ1n) is 10.0. The molecule has 0 bridgehead atoms. The molecule has 0 radical (unpaired) electrons. The third-order valence-electron chi connectivity index (χ3n) is 5.44. The van der Waals surface area contributed by atoms with Crippen LogP contribution >= 0.6 is 11.6 Å². The maximum Gasteiger partial charge on any atom is 0.250 e. The topological polar surface area (TPSA) is 51.3 Å². The van der Waals surface area contributed by atoms with E-state index < -0.39 is 5.91 Å². The summed E-state index contributed by atoms with van der Waals surface area (Å²) in [6.45, 7) is 8.94. The Labute approximate surface area is 177 Å². The van der Waals surface area contributed by atoms with Crippen LogP contribution in [0.1, 0.15) is 35.5 Å². The van der Waals surface area contributed by atoms with Crippen LogP contribution in [-0.4, -0.2) is 23.6 Å². The molecular weight excluding hydrogens is 382 g/mol. The van der Waals surface area contributed by atoms with Crippen molar-refractivity contribution in [1.29, 1.82) is 0 Å². The predicted octanol–water partition coefficient (Wildman–Crippen LogP) is 5.30. The first kappa shape index (κ1) is 21.0. The lowest BCUT2D eigenvalue weighted by molar-refractivity contribution is 0.0999. The van der Waals surface area contributed by atoms with Gasteiger partial charge in [0.25, 0.3) is 5.91 Å². The van der Waals surface area contributed by atoms with Crippen LogP contribution in [0.15, 0.2) is 54.6 Å². The number of benzene rings is 2. The van der Waals surface area contributed by atoms with Crippen molar-refractivity contribution in [2.75, 3.05) is 18.0 Å². The van der Waals surface area contributed by atoms with E-state index in [4.69, 9.17) is 17.3 Å². The smallest absolute Gasteiger partial charge is 0.250 e. The number of hydrogen-bond donors (Lipinski definition) is 1. The lowest BCUT2D eigenvalue weighted by Crippen LogP contribution is -2.21. The molecule has 1 aromatic heterocycles. The Hall–Kier alpha value is -2.72. The zero-order chi connectivity index (χ0) is 21.0. The highest BCUT2D eigenvalue weighted by Gasteiger charge is 2.17. The van der Waals surface area contributed by atoms with E-state index in [2.05, 4.69) is 53.6 Å². The molecule has 0 saturated carbocycles. The predicted molar refractivity (Wildman–Crippen MR) is 122 cm³/mol. The van der Waals surface area contributed by atoms with Crippen LogP contribution in [0.25, 0.3) is 11.3 Å². The second-order valence-corrected chi connectivity index (χ2v) is 7.58. The number of carbonyl (C=O) groups is 1. The number of aromatic nitrogens is 1. The molecule has 1 amide bonds. The van der Waals surface area contributed by atoms with Crippen LogP contribution < -0.4 is 10.6 Å². The zero-order valence-electron chi connectivity index (χ0n) is 17.3. The van der Waals surface area contributed by atoms with E-state index in [1.54, 1.807) is 0 Å². The van der Waals surface area contributed by atoms with Crippen molar-refractivity contribution < 1.29 is 4.79 Å². The number of anilines is 1. The van der Waals surface area contributed by atoms with Crippen LogP contribution in [0.2, 0.25) is 5.02 Å². The first-order valence-corrected chi connectivity index (χ1v) is 10.4. The summed E-state index contributed by atoms with van der Waals surface area (Å²) in [7, 11) is 0. The number of nitrogens with two attached hydrogens (primary N) is 1. The van der Waals surface area contributed by atoms with Gasteiger partial charge in [0, 0.05) is 41.7 Å². The fraction of sp³-hybridized carbons (Fsp3) is 0.292. The van der Waals surface area contributed by atoms with E-state index in [0.717, 1.165) is 53.6 Å². The summed E-state index contributed by atoms with van der Waals surface area (Å²) in [5, 5.41) is 0.733. The third kappa shape index (κ3) is 4.65. The normalized spacial score (nSPS) is 10.9. The lowest BCUT2D eigenvalue weighted by Gasteiger charge is -2.21. The Bertz CT molecular complexity index is 988. The maximum absolute atomic E-state index is 11.9. The molecule has 0 fully saturated rings. The SMILES string of the molecule is CCN(CC)c1ccc(-c2cc(C(N)=O)c(C)n2CCc2cccc(Cl)c2)cc1. The van der Waals surface area contributed by atoms with Gasteiger partial charge in [0.05, 0.1) is 5.56 Å². The number of carbonyl (C=O) groups excluding carboxylic acids is 1. The molecule has 5 heteroatoms. The van der Waals surface area contributed by atoms with Crippen LogP contribution in [0.4, 0.5) is 5.69 Å². The monoisotopic (exact) mass is 409 g/mol. The maximum atomic E-state index is 11.9. The van der Waals surface area contributed by atoms with Crippen molar-refractivity contribution in [2.24, 2.45) is 5.73 Å². The molecule has 4 nitrogen and oxygen atoms in total. The van der Waals surface area contributed by atoms with Crippen molar-refractivity contribution in [2.45, 2.75) is 33.7 Å². The average molecular weight is 410 g/mol. The van der Waals surface area contributed by atoms with Gasteiger partial charge < -0.3 is 15.2 Å². The first-order chi connectivity index (χ1) is 13.9. The van der Waals surface area contributed by atoms with E-state index in [9.17, 15) is 4.79 Å². The number of amides is 1. The Kier molecular flexibility index (Phi) is 6.65. The molecule has 0 spiro atoms. The number of aryl methyl sites for hydroxylation is 1. The van der Waals surface area contributed by atoms with E-state index in [1.165, 1.54) is 5.69 Å². The molecule has 2 N–H and O–H groups in total. The largest absolute Gasteiger partial charge is 0.372 e. The molecule has 0 aliphatic rings. The number of primary amides is 1. The molecule has 2 aromatic carbocycles. The summed E-state index contributed by atoms with van der Waals surface area (Å²) in [6.07, 6.45) is 0.818. The van der Waals surface area contributed by atoms with Gasteiger partial charge in [-0.2, -0.15) is 0 Å². The zero-order valence-corrected chi connectivity index (χ0v) is 18.0. The summed E-state index contributed by atoms with van der Waals surface area (Å²) in [5.74, 6) is -0.398. The molecule has 0 aliphatic carbocycles. The van der Waals surface area contributed by atoms with Crippen LogP contribution in [0.5, 0.6) is 0 Å². The van der Waals surface area contributed by atoms with Gasteiger partial charge in [-0.05, 0) is 68.7 Å². The number of hydrogen-bond acceptors (Lipinski definition) is 2. The second-order valence-electron chi connectivity index (χ2n) is 7.14. The molecule has 3 rings (SSSR count). The average Bonchev–Trinajstić information content (AvgIpc) is 3.04. The summed E-state index contributed by atoms with van der Waals surface area (Å²) in [4.78, 5) is 14.3. The quantitative estimate of drug-likeness (QED) is 0.548. The van der Waals surface area contributed by atoms with Crippen molar-refractivity contribution >= 4 is 23.2 Å². The van der Waals surface area contributed by atoms with Gasteiger partial charge in [-0.25, -0.2) is 0 Å². The van der Waals surface area contributed by atoms with Crippen LogP contribution in [-0.2, 0) is 13.0 Å². The van der Waals surface area contributed by atoms with Crippen molar-refractivity contribution in [3.63, 3.8) is 0 Å². The summed E-state index contributed by atoms with van der Waals surface area (Å²) < 4.78 is 2.17. The number of rotatable bonds is 8. The lowest BCUT2D eigenvalue weighted by atomic mass is 10.1. The third-order valence-corrected chi connectivity index (χ3v) is 5.67. The molecule has 0 aliphatic heterocycles. The molecule has 3 aromatic rings. The highest BCUT2D eigenvalue weighted by Crippen LogP contribution is 2.28. The van der Waals surface area contributed by atoms with Gasteiger partial charge in [0.1, 0.15) is 0 Å². The van der Waals surface area contributed by atoms with Gasteiger partial charge in [-0.3, -0.25) is 4.79 Å². The summed E-state index contributed by atoms with van der Waals surface area (Å²) in [5.41, 5.74) is 11.5. The highest BCUT2D eigenvalue weighted by atomic mass is 35.5. The van der Waals surface area contributed by atoms with Crippen LogP contribution in [0.3, 0.4) is 0 Å². The second kappa shape index (κ2) is 9.19. The van der Waals surface area contributed by atoms with Gasteiger partial charge >= 0.3 is 0 Å². The van der Waals surface area contributed by atoms with Gasteiger partial charge in [-0.1, -0.05) is 35.9 Å². The number of halogens is 1. The fourth-order valence-electron chi connectivity index (χ4n) is 3.79. The molecule has 0 atom stereocenters. The Morgan fingerprint density at radius 1 is 1.07 bits per heavy atom. The molecule has 0 saturated heterocycles. The summed E-state index contributed by atoms with van der Waals surface area (Å²) >= 11 is 6.12. The molecule has 0 unspecified atom stereocenters. The molecular formula is C24H28ClN3O. The van der Waals surface area contributed by atoms with Crippen molar-refractivity contribution in [3.8, 4) is 11.3 Å². The Balaban J connectivity index is 1.95. The van der Waals surface area contributed by atoms with E-state index in [1.807, 2.05) is 31.2 Å². The molecule has 152 valence electrons. The van der Waals surface area contributed by atoms with E-state index >= 15 is 0 Å². The van der Waals surface area contributed by atoms with Gasteiger partial charge in [-0.15, -0.1) is 0 Å². The van der Waals surface area contributed by atoms with Gasteiger partial charge in [0.15, 0.2) is 0 Å². The molecule has 1 heterocycles. The fourth-order valence-corrected chi connectivity index (χ4v) is 4.00. The van der Waals surface area contributed by atoms with Crippen LogP contribution in [0, 0.1) is 6.92 Å². The Morgan fingerprint density at radius 3 is 2.34 bits per heavy atom. The van der Waals surface area contributed by atoms with E-state index in [0.29, 0.717) is 5.56 Å². The minimum Gasteiger partial charge on any atom is -0.372 e. The summed E-state index contributed by atoms with van der Waals surface area (Å²) in [6, 6.07) is 18.3. The Morgan fingerprint density at radius 2 is 1.76 bits per heavy atom. The molecule has 29 heavy (non-hydrogen) atoms. The van der Waals surface area contributed by atoms with Crippen molar-refractivity contribution in [1.82, 2.24) is 4.57 Å². The minimum atomic E-state index is -0.398. The highest BCUT2D eigenvalue weighted by molar-refractivity contribution is 6.30. The van der Waals surface area contributed by atoms with E-state index in [-0.39, 0.29) is 0 Å². The van der Waals surface area contributed by atoms with Crippen molar-refractivity contribution in [3.05, 3.63) is 76.4 Å².